The Bertz CT molecular complexity index is 1280. The van der Waals surface area contributed by atoms with E-state index in [2.05, 4.69) is 41.8 Å². The van der Waals surface area contributed by atoms with Gasteiger partial charge in [0.1, 0.15) is 0 Å². The second-order valence-electron chi connectivity index (χ2n) is 10.3. The van der Waals surface area contributed by atoms with Gasteiger partial charge in [0.05, 0.1) is 12.3 Å². The minimum Gasteiger partial charge on any atom is -0.481 e. The van der Waals surface area contributed by atoms with Gasteiger partial charge in [-0.15, -0.1) is 11.8 Å². The zero-order valence-corrected chi connectivity index (χ0v) is 23.8. The van der Waals surface area contributed by atoms with Gasteiger partial charge >= 0.3 is 5.97 Å². The van der Waals surface area contributed by atoms with Crippen LogP contribution in [0.3, 0.4) is 0 Å². The van der Waals surface area contributed by atoms with Crippen LogP contribution in [-0.4, -0.2) is 35.2 Å². The average Bonchev–Trinajstić information content (AvgIpc) is 2.97. The Hall–Kier alpha value is -3.58. The number of hydrogen-bond donors (Lipinski definition) is 3. The van der Waals surface area contributed by atoms with Crippen LogP contribution in [0.25, 0.3) is 0 Å². The highest BCUT2D eigenvalue weighted by atomic mass is 32.2. The molecule has 1 aliphatic carbocycles. The van der Waals surface area contributed by atoms with Crippen LogP contribution in [0.15, 0.2) is 77.7 Å². The molecule has 3 aromatic carbocycles. The van der Waals surface area contributed by atoms with Crippen molar-refractivity contribution in [3.8, 4) is 0 Å². The lowest BCUT2D eigenvalue weighted by atomic mass is 9.83. The van der Waals surface area contributed by atoms with Crippen molar-refractivity contribution in [3.63, 3.8) is 0 Å². The number of benzene rings is 3. The van der Waals surface area contributed by atoms with E-state index in [0.29, 0.717) is 17.9 Å². The van der Waals surface area contributed by atoms with E-state index >= 15 is 0 Å². The van der Waals surface area contributed by atoms with Gasteiger partial charge in [-0.25, -0.2) is 0 Å². The van der Waals surface area contributed by atoms with Gasteiger partial charge in [0.15, 0.2) is 0 Å². The number of rotatable bonds is 12. The molecule has 1 aliphatic rings. The number of carboxylic acid groups (broad SMARTS) is 1. The smallest absolute Gasteiger partial charge is 0.305 e. The van der Waals surface area contributed by atoms with Crippen LogP contribution < -0.4 is 10.6 Å². The predicted molar refractivity (Wildman–Crippen MR) is 161 cm³/mol. The van der Waals surface area contributed by atoms with Gasteiger partial charge < -0.3 is 15.7 Å². The summed E-state index contributed by atoms with van der Waals surface area (Å²) in [5.41, 5.74) is 4.49. The van der Waals surface area contributed by atoms with Crippen LogP contribution in [0.2, 0.25) is 0 Å². The van der Waals surface area contributed by atoms with Crippen molar-refractivity contribution < 1.29 is 19.5 Å². The first kappa shape index (κ1) is 29.4. The SMILES string of the molecule is CCSc1cccc(NC(=O)C(Cc2ccc(C(=O)NCCC(=O)O)cc2)c2ccc(C3CCCCC3)cc2)c1. The number of anilines is 1. The van der Waals surface area contributed by atoms with Gasteiger partial charge in [-0.3, -0.25) is 14.4 Å². The molecule has 1 fully saturated rings. The molecule has 0 spiro atoms. The number of carboxylic acids is 1. The summed E-state index contributed by atoms with van der Waals surface area (Å²) < 4.78 is 0. The lowest BCUT2D eigenvalue weighted by Gasteiger charge is -2.23. The second kappa shape index (κ2) is 14.7. The molecule has 3 aromatic rings. The lowest BCUT2D eigenvalue weighted by molar-refractivity contribution is -0.136. The highest BCUT2D eigenvalue weighted by Crippen LogP contribution is 2.34. The Morgan fingerprint density at radius 1 is 0.950 bits per heavy atom. The Morgan fingerprint density at radius 3 is 2.35 bits per heavy atom. The maximum absolute atomic E-state index is 13.7. The van der Waals surface area contributed by atoms with E-state index in [1.54, 1.807) is 23.9 Å². The van der Waals surface area contributed by atoms with Gasteiger partial charge in [0.2, 0.25) is 5.91 Å². The summed E-state index contributed by atoms with van der Waals surface area (Å²) >= 11 is 1.74. The molecule has 7 heteroatoms. The number of amides is 2. The van der Waals surface area contributed by atoms with E-state index in [1.165, 1.54) is 37.7 Å². The van der Waals surface area contributed by atoms with Crippen molar-refractivity contribution in [2.24, 2.45) is 0 Å². The minimum atomic E-state index is -0.956. The molecule has 210 valence electrons. The maximum atomic E-state index is 13.7. The fraction of sp³-hybridized carbons (Fsp3) is 0.364. The molecule has 1 unspecified atom stereocenters. The molecule has 0 radical (unpaired) electrons. The molecule has 0 aromatic heterocycles. The minimum absolute atomic E-state index is 0.0699. The van der Waals surface area contributed by atoms with Crippen LogP contribution in [0.1, 0.15) is 84.3 Å². The summed E-state index contributed by atoms with van der Waals surface area (Å²) in [6.45, 7) is 2.18. The van der Waals surface area contributed by atoms with Crippen molar-refractivity contribution in [3.05, 3.63) is 95.1 Å². The van der Waals surface area contributed by atoms with E-state index in [0.717, 1.165) is 27.5 Å². The lowest BCUT2D eigenvalue weighted by Crippen LogP contribution is -2.26. The Kier molecular flexibility index (Phi) is 10.8. The predicted octanol–water partition coefficient (Wildman–Crippen LogP) is 7.02. The summed E-state index contributed by atoms with van der Waals surface area (Å²) in [7, 11) is 0. The highest BCUT2D eigenvalue weighted by Gasteiger charge is 2.23. The van der Waals surface area contributed by atoms with Crippen molar-refractivity contribution in [1.29, 1.82) is 0 Å². The van der Waals surface area contributed by atoms with Crippen molar-refractivity contribution in [2.45, 2.75) is 68.6 Å². The van der Waals surface area contributed by atoms with Crippen molar-refractivity contribution >= 4 is 35.2 Å². The van der Waals surface area contributed by atoms with E-state index in [-0.39, 0.29) is 24.8 Å². The Labute approximate surface area is 241 Å². The molecule has 0 bridgehead atoms. The molecule has 4 rings (SSSR count). The van der Waals surface area contributed by atoms with Gasteiger partial charge in [0.25, 0.3) is 5.91 Å². The fourth-order valence-corrected chi connectivity index (χ4v) is 5.99. The molecular weight excluding hydrogens is 520 g/mol. The number of hydrogen-bond acceptors (Lipinski definition) is 4. The first-order chi connectivity index (χ1) is 19.4. The quantitative estimate of drug-likeness (QED) is 0.208. The van der Waals surface area contributed by atoms with E-state index < -0.39 is 11.9 Å². The summed E-state index contributed by atoms with van der Waals surface area (Å²) in [6.07, 6.45) is 6.69. The molecule has 6 nitrogen and oxygen atoms in total. The third-order valence-electron chi connectivity index (χ3n) is 7.42. The molecule has 2 amide bonds. The molecule has 1 atom stereocenters. The normalized spacial score (nSPS) is 14.3. The number of thioether (sulfide) groups is 1. The van der Waals surface area contributed by atoms with Gasteiger partial charge in [0, 0.05) is 22.7 Å². The van der Waals surface area contributed by atoms with Crippen LogP contribution in [0, 0.1) is 0 Å². The molecule has 40 heavy (non-hydrogen) atoms. The van der Waals surface area contributed by atoms with Crippen LogP contribution in [0.5, 0.6) is 0 Å². The summed E-state index contributed by atoms with van der Waals surface area (Å²) in [5, 5.41) is 14.5. The second-order valence-corrected chi connectivity index (χ2v) is 11.6. The van der Waals surface area contributed by atoms with Crippen LogP contribution in [0.4, 0.5) is 5.69 Å². The molecule has 3 N–H and O–H groups in total. The first-order valence-electron chi connectivity index (χ1n) is 14.2. The molecule has 0 saturated heterocycles. The van der Waals surface area contributed by atoms with Gasteiger partial charge in [-0.2, -0.15) is 0 Å². The standard InChI is InChI=1S/C33H38N2O4S/c1-2-40-29-10-6-9-28(22-29)35-33(39)30(26-17-15-25(16-18-26)24-7-4-3-5-8-24)21-23-11-13-27(14-12-23)32(38)34-20-19-31(36)37/h6,9-18,22,24,30H,2-5,7-8,19-21H2,1H3,(H,34,38)(H,35,39)(H,36,37). The van der Waals surface area contributed by atoms with Gasteiger partial charge in [-0.05, 0) is 78.0 Å². The van der Waals surface area contributed by atoms with Crippen molar-refractivity contribution in [2.75, 3.05) is 17.6 Å². The average molecular weight is 559 g/mol. The molecule has 1 saturated carbocycles. The van der Waals surface area contributed by atoms with Crippen LogP contribution >= 0.6 is 11.8 Å². The van der Waals surface area contributed by atoms with E-state index in [9.17, 15) is 14.4 Å². The fourth-order valence-electron chi connectivity index (χ4n) is 5.27. The zero-order chi connectivity index (χ0) is 28.3. The largest absolute Gasteiger partial charge is 0.481 e. The maximum Gasteiger partial charge on any atom is 0.305 e. The van der Waals surface area contributed by atoms with Crippen LogP contribution in [-0.2, 0) is 16.0 Å². The van der Waals surface area contributed by atoms with E-state index in [4.69, 9.17) is 5.11 Å². The first-order valence-corrected chi connectivity index (χ1v) is 15.1. The molecular formula is C33H38N2O4S. The van der Waals surface area contributed by atoms with Crippen molar-refractivity contribution in [1.82, 2.24) is 5.32 Å². The summed E-state index contributed by atoms with van der Waals surface area (Å²) in [5.74, 6) is -0.186. The number of aliphatic carboxylic acids is 1. The number of carbonyl (C=O) groups excluding carboxylic acids is 2. The zero-order valence-electron chi connectivity index (χ0n) is 23.0. The molecule has 0 aliphatic heterocycles. The summed E-state index contributed by atoms with van der Waals surface area (Å²) in [6, 6.07) is 23.7. The molecule has 0 heterocycles. The Morgan fingerprint density at radius 2 is 1.68 bits per heavy atom. The number of carbonyl (C=O) groups is 3. The summed E-state index contributed by atoms with van der Waals surface area (Å²) in [4.78, 5) is 37.9. The number of nitrogens with one attached hydrogen (secondary N) is 2. The van der Waals surface area contributed by atoms with E-state index in [1.807, 2.05) is 36.4 Å². The highest BCUT2D eigenvalue weighted by molar-refractivity contribution is 7.99. The third-order valence-corrected chi connectivity index (χ3v) is 8.30. The topological polar surface area (TPSA) is 95.5 Å². The third kappa shape index (κ3) is 8.46. The monoisotopic (exact) mass is 558 g/mol. The van der Waals surface area contributed by atoms with Gasteiger partial charge in [-0.1, -0.05) is 68.7 Å². The Balaban J connectivity index is 1.52.